The van der Waals surface area contributed by atoms with Gasteiger partial charge in [-0.2, -0.15) is 5.10 Å². The minimum Gasteiger partial charge on any atom is -0.351 e. The van der Waals surface area contributed by atoms with Crippen molar-refractivity contribution in [1.29, 1.82) is 0 Å². The van der Waals surface area contributed by atoms with E-state index in [-0.39, 0.29) is 11.3 Å². The van der Waals surface area contributed by atoms with E-state index in [1.807, 2.05) is 14.0 Å². The molecule has 1 rings (SSSR count). The van der Waals surface area contributed by atoms with Crippen molar-refractivity contribution in [3.8, 4) is 0 Å². The zero-order valence-electron chi connectivity index (χ0n) is 12.3. The quantitative estimate of drug-likeness (QED) is 0.783. The summed E-state index contributed by atoms with van der Waals surface area (Å²) in [5.41, 5.74) is 1.59. The van der Waals surface area contributed by atoms with E-state index in [1.165, 1.54) is 0 Å². The monoisotopic (exact) mass is 285 g/mol. The van der Waals surface area contributed by atoms with Gasteiger partial charge in [0.1, 0.15) is 0 Å². The van der Waals surface area contributed by atoms with E-state index < -0.39 is 0 Å². The van der Waals surface area contributed by atoms with Crippen LogP contribution in [0.2, 0.25) is 0 Å². The molecule has 0 aliphatic heterocycles. The highest BCUT2D eigenvalue weighted by molar-refractivity contribution is 6.17. The van der Waals surface area contributed by atoms with Gasteiger partial charge < -0.3 is 5.32 Å². The number of aromatic nitrogens is 2. The Morgan fingerprint density at radius 1 is 1.53 bits per heavy atom. The summed E-state index contributed by atoms with van der Waals surface area (Å²) in [6.07, 6.45) is 4.52. The summed E-state index contributed by atoms with van der Waals surface area (Å²) >= 11 is 5.71. The maximum absolute atomic E-state index is 12.2. The molecule has 0 unspecified atom stereocenters. The Morgan fingerprint density at radius 3 is 2.79 bits per heavy atom. The third-order valence-electron chi connectivity index (χ3n) is 3.20. The number of nitrogens with one attached hydrogen (secondary N) is 1. The molecule has 0 fully saturated rings. The summed E-state index contributed by atoms with van der Waals surface area (Å²) in [5.74, 6) is 0.629. The molecular formula is C14H24ClN3O. The molecule has 1 amide bonds. The van der Waals surface area contributed by atoms with Gasteiger partial charge in [-0.05, 0) is 24.7 Å². The second-order valence-corrected chi connectivity index (χ2v) is 6.03. The van der Waals surface area contributed by atoms with Crippen LogP contribution in [0.15, 0.2) is 6.20 Å². The number of halogens is 1. The van der Waals surface area contributed by atoms with Crippen LogP contribution in [0.3, 0.4) is 0 Å². The first kappa shape index (κ1) is 16.0. The highest BCUT2D eigenvalue weighted by Gasteiger charge is 2.20. The van der Waals surface area contributed by atoms with Crippen LogP contribution >= 0.6 is 11.6 Å². The predicted molar refractivity (Wildman–Crippen MR) is 78.7 cm³/mol. The van der Waals surface area contributed by atoms with E-state index in [1.54, 1.807) is 10.9 Å². The lowest BCUT2D eigenvalue weighted by molar-refractivity contribution is 0.0933. The minimum absolute atomic E-state index is 0.0381. The van der Waals surface area contributed by atoms with E-state index in [0.29, 0.717) is 18.0 Å². The largest absolute Gasteiger partial charge is 0.351 e. The van der Waals surface area contributed by atoms with Gasteiger partial charge in [0, 0.05) is 25.7 Å². The topological polar surface area (TPSA) is 46.9 Å². The lowest BCUT2D eigenvalue weighted by Crippen LogP contribution is -2.34. The summed E-state index contributed by atoms with van der Waals surface area (Å²) in [5, 5.41) is 7.28. The van der Waals surface area contributed by atoms with Gasteiger partial charge in [-0.25, -0.2) is 0 Å². The van der Waals surface area contributed by atoms with Crippen molar-refractivity contribution in [2.24, 2.45) is 12.5 Å². The molecule has 0 aliphatic rings. The van der Waals surface area contributed by atoms with Gasteiger partial charge in [0.2, 0.25) is 0 Å². The molecule has 5 heteroatoms. The molecule has 19 heavy (non-hydrogen) atoms. The molecule has 0 bridgehead atoms. The Hall–Kier alpha value is -1.03. The van der Waals surface area contributed by atoms with Crippen molar-refractivity contribution in [3.05, 3.63) is 17.5 Å². The number of alkyl halides is 1. The van der Waals surface area contributed by atoms with Crippen LogP contribution < -0.4 is 5.32 Å². The maximum atomic E-state index is 12.2. The highest BCUT2D eigenvalue weighted by Crippen LogP contribution is 2.21. The van der Waals surface area contributed by atoms with E-state index in [2.05, 4.69) is 24.3 Å². The molecule has 0 atom stereocenters. The van der Waals surface area contributed by atoms with Crippen molar-refractivity contribution in [1.82, 2.24) is 15.1 Å². The molecule has 108 valence electrons. The zero-order chi connectivity index (χ0) is 14.5. The van der Waals surface area contributed by atoms with Crippen LogP contribution in [-0.2, 0) is 13.5 Å². The zero-order valence-corrected chi connectivity index (χ0v) is 13.0. The number of amides is 1. The Balaban J connectivity index is 2.60. The van der Waals surface area contributed by atoms with Gasteiger partial charge in [-0.3, -0.25) is 9.48 Å². The number of hydrogen-bond donors (Lipinski definition) is 1. The molecule has 1 aromatic heterocycles. The number of carbonyl (C=O) groups excluding carboxylic acids is 1. The third-order valence-corrected chi connectivity index (χ3v) is 3.47. The molecule has 4 nitrogen and oxygen atoms in total. The number of hydrogen-bond acceptors (Lipinski definition) is 2. The molecule has 0 saturated carbocycles. The van der Waals surface area contributed by atoms with Crippen LogP contribution in [0.1, 0.15) is 49.7 Å². The summed E-state index contributed by atoms with van der Waals surface area (Å²) in [4.78, 5) is 12.2. The highest BCUT2D eigenvalue weighted by atomic mass is 35.5. The summed E-state index contributed by atoms with van der Waals surface area (Å²) in [6.45, 7) is 6.94. The van der Waals surface area contributed by atoms with Gasteiger partial charge in [0.05, 0.1) is 11.3 Å². The van der Waals surface area contributed by atoms with E-state index >= 15 is 0 Å². The van der Waals surface area contributed by atoms with Crippen molar-refractivity contribution in [2.45, 2.75) is 40.0 Å². The fourth-order valence-electron chi connectivity index (χ4n) is 2.03. The SMILES string of the molecule is CCc1nn(C)cc1C(=O)NCC(C)(C)CCCCl. The van der Waals surface area contributed by atoms with E-state index in [4.69, 9.17) is 11.6 Å². The normalized spacial score (nSPS) is 11.6. The molecule has 0 radical (unpaired) electrons. The summed E-state index contributed by atoms with van der Waals surface area (Å²) in [7, 11) is 1.83. The van der Waals surface area contributed by atoms with E-state index in [9.17, 15) is 4.79 Å². The molecule has 0 spiro atoms. The first-order valence-electron chi connectivity index (χ1n) is 6.76. The number of nitrogens with zero attached hydrogens (tertiary/aromatic N) is 2. The maximum Gasteiger partial charge on any atom is 0.254 e. The van der Waals surface area contributed by atoms with Crippen LogP contribution in [-0.4, -0.2) is 28.1 Å². The van der Waals surface area contributed by atoms with Crippen molar-refractivity contribution < 1.29 is 4.79 Å². The smallest absolute Gasteiger partial charge is 0.254 e. The van der Waals surface area contributed by atoms with Gasteiger partial charge in [0.15, 0.2) is 0 Å². The van der Waals surface area contributed by atoms with Gasteiger partial charge >= 0.3 is 0 Å². The Morgan fingerprint density at radius 2 is 2.21 bits per heavy atom. The number of rotatable bonds is 7. The lowest BCUT2D eigenvalue weighted by Gasteiger charge is -2.24. The average Bonchev–Trinajstić information content (AvgIpc) is 2.75. The Kier molecular flexibility index (Phi) is 5.85. The first-order valence-corrected chi connectivity index (χ1v) is 7.29. The van der Waals surface area contributed by atoms with Crippen LogP contribution in [0.5, 0.6) is 0 Å². The predicted octanol–water partition coefficient (Wildman–Crippen LogP) is 2.76. The fourth-order valence-corrected chi connectivity index (χ4v) is 2.17. The average molecular weight is 286 g/mol. The van der Waals surface area contributed by atoms with Crippen molar-refractivity contribution in [3.63, 3.8) is 0 Å². The van der Waals surface area contributed by atoms with Gasteiger partial charge in [-0.15, -0.1) is 11.6 Å². The lowest BCUT2D eigenvalue weighted by atomic mass is 9.88. The van der Waals surface area contributed by atoms with Crippen LogP contribution in [0.4, 0.5) is 0 Å². The van der Waals surface area contributed by atoms with Crippen molar-refractivity contribution in [2.75, 3.05) is 12.4 Å². The second kappa shape index (κ2) is 6.94. The first-order chi connectivity index (χ1) is 8.89. The number of aryl methyl sites for hydroxylation is 2. The van der Waals surface area contributed by atoms with Crippen LogP contribution in [0.25, 0.3) is 0 Å². The van der Waals surface area contributed by atoms with Crippen molar-refractivity contribution >= 4 is 17.5 Å². The summed E-state index contributed by atoms with van der Waals surface area (Å²) in [6, 6.07) is 0. The molecule has 0 aliphatic carbocycles. The molecule has 0 saturated heterocycles. The third kappa shape index (κ3) is 4.86. The van der Waals surface area contributed by atoms with Crippen LogP contribution in [0, 0.1) is 5.41 Å². The Labute approximate surface area is 120 Å². The molecule has 1 N–H and O–H groups in total. The molecular weight excluding hydrogens is 262 g/mol. The fraction of sp³-hybridized carbons (Fsp3) is 0.714. The standard InChI is InChI=1S/C14H24ClN3O/c1-5-12-11(9-18(4)17-12)13(19)16-10-14(2,3)7-6-8-15/h9H,5-8,10H2,1-4H3,(H,16,19). The van der Waals surface area contributed by atoms with Gasteiger partial charge in [-0.1, -0.05) is 20.8 Å². The molecule has 1 aromatic rings. The second-order valence-electron chi connectivity index (χ2n) is 5.66. The summed E-state index contributed by atoms with van der Waals surface area (Å²) < 4.78 is 1.69. The molecule has 1 heterocycles. The Bertz CT molecular complexity index is 426. The van der Waals surface area contributed by atoms with Gasteiger partial charge in [0.25, 0.3) is 5.91 Å². The molecule has 0 aromatic carbocycles. The minimum atomic E-state index is -0.0381. The van der Waals surface area contributed by atoms with E-state index in [0.717, 1.165) is 25.0 Å². The number of carbonyl (C=O) groups is 1.